The third kappa shape index (κ3) is 1.77. The Bertz CT molecular complexity index is 185. The van der Waals surface area contributed by atoms with Gasteiger partial charge < -0.3 is 5.11 Å². The summed E-state index contributed by atoms with van der Waals surface area (Å²) in [5, 5.41) is 8.53. The zero-order valence-corrected chi connectivity index (χ0v) is 6.19. The molecule has 0 radical (unpaired) electrons. The van der Waals surface area contributed by atoms with Crippen molar-refractivity contribution in [1.29, 1.82) is 0 Å². The van der Waals surface area contributed by atoms with Crippen molar-refractivity contribution in [3.05, 3.63) is 16.6 Å². The van der Waals surface area contributed by atoms with Gasteiger partial charge in [-0.2, -0.15) is 4.57 Å². The molecule has 0 aromatic carbocycles. The van der Waals surface area contributed by atoms with Crippen LogP contribution in [0.15, 0.2) is 11.7 Å². The van der Waals surface area contributed by atoms with E-state index in [1.807, 2.05) is 23.3 Å². The molecule has 0 spiro atoms. The minimum atomic E-state index is 0.251. The molecule has 1 rings (SSSR count). The van der Waals surface area contributed by atoms with Crippen LogP contribution >= 0.6 is 11.3 Å². The van der Waals surface area contributed by atoms with Gasteiger partial charge in [-0.25, -0.2) is 0 Å². The van der Waals surface area contributed by atoms with Crippen LogP contribution in [0.25, 0.3) is 0 Å². The first-order valence-corrected chi connectivity index (χ1v) is 3.74. The third-order valence-corrected chi connectivity index (χ3v) is 2.13. The van der Waals surface area contributed by atoms with E-state index in [-0.39, 0.29) is 6.61 Å². The molecule has 0 bridgehead atoms. The second-order valence-corrected chi connectivity index (χ2v) is 2.93. The van der Waals surface area contributed by atoms with E-state index in [0.717, 1.165) is 6.42 Å². The van der Waals surface area contributed by atoms with E-state index in [2.05, 4.69) is 0 Å². The predicted molar refractivity (Wildman–Crippen MR) is 36.3 cm³/mol. The molecular formula is C6H10NOS+. The lowest BCUT2D eigenvalue weighted by atomic mass is 10.4. The summed E-state index contributed by atoms with van der Waals surface area (Å²) in [7, 11) is 1.98. The number of hydrogen-bond donors (Lipinski definition) is 1. The Labute approximate surface area is 58.4 Å². The number of nitrogens with zero attached hydrogens (tertiary/aromatic N) is 1. The average Bonchev–Trinajstić information content (AvgIpc) is 2.17. The number of aryl methyl sites for hydroxylation is 1. The van der Waals surface area contributed by atoms with E-state index in [9.17, 15) is 0 Å². The lowest BCUT2D eigenvalue weighted by Crippen LogP contribution is -2.22. The summed E-state index contributed by atoms with van der Waals surface area (Å²) < 4.78 is 2.00. The highest BCUT2D eigenvalue weighted by atomic mass is 32.1. The molecule has 0 aliphatic heterocycles. The van der Waals surface area contributed by atoms with Crippen LogP contribution in [-0.4, -0.2) is 11.7 Å². The van der Waals surface area contributed by atoms with Gasteiger partial charge in [0.2, 0.25) is 5.51 Å². The number of rotatable bonds is 2. The van der Waals surface area contributed by atoms with Crippen LogP contribution in [0.1, 0.15) is 4.88 Å². The van der Waals surface area contributed by atoms with Crippen LogP contribution in [-0.2, 0) is 13.5 Å². The van der Waals surface area contributed by atoms with E-state index in [1.54, 1.807) is 11.3 Å². The summed E-state index contributed by atoms with van der Waals surface area (Å²) >= 11 is 1.68. The van der Waals surface area contributed by atoms with E-state index in [0.29, 0.717) is 0 Å². The first-order chi connectivity index (χ1) is 4.33. The average molecular weight is 144 g/mol. The minimum absolute atomic E-state index is 0.251. The van der Waals surface area contributed by atoms with E-state index in [1.165, 1.54) is 4.88 Å². The van der Waals surface area contributed by atoms with E-state index < -0.39 is 0 Å². The zero-order chi connectivity index (χ0) is 6.69. The molecule has 1 aromatic heterocycles. The minimum Gasteiger partial charge on any atom is -0.396 e. The molecule has 1 heterocycles. The summed E-state index contributed by atoms with van der Waals surface area (Å²) in [6.45, 7) is 0.251. The first-order valence-electron chi connectivity index (χ1n) is 2.86. The Morgan fingerprint density at radius 2 is 2.56 bits per heavy atom. The largest absolute Gasteiger partial charge is 0.396 e. The molecule has 0 unspecified atom stereocenters. The molecular weight excluding hydrogens is 134 g/mol. The highest BCUT2D eigenvalue weighted by molar-refractivity contribution is 7.09. The quantitative estimate of drug-likeness (QED) is 0.585. The number of hydrogen-bond acceptors (Lipinski definition) is 2. The van der Waals surface area contributed by atoms with Crippen molar-refractivity contribution in [3.63, 3.8) is 0 Å². The van der Waals surface area contributed by atoms with Crippen molar-refractivity contribution in [1.82, 2.24) is 0 Å². The molecule has 0 aliphatic rings. The Morgan fingerprint density at radius 3 is 3.00 bits per heavy atom. The Kier molecular flexibility index (Phi) is 2.19. The molecule has 2 nitrogen and oxygen atoms in total. The lowest BCUT2D eigenvalue weighted by molar-refractivity contribution is -0.666. The van der Waals surface area contributed by atoms with E-state index >= 15 is 0 Å². The second kappa shape index (κ2) is 2.94. The molecule has 9 heavy (non-hydrogen) atoms. The van der Waals surface area contributed by atoms with Gasteiger partial charge in [-0.3, -0.25) is 0 Å². The summed E-state index contributed by atoms with van der Waals surface area (Å²) in [6.07, 6.45) is 2.81. The molecule has 3 heteroatoms. The highest BCUT2D eigenvalue weighted by Crippen LogP contribution is 2.02. The van der Waals surface area contributed by atoms with Crippen molar-refractivity contribution in [2.24, 2.45) is 7.05 Å². The normalized spacial score (nSPS) is 10.0. The van der Waals surface area contributed by atoms with Crippen LogP contribution in [0.2, 0.25) is 0 Å². The van der Waals surface area contributed by atoms with Gasteiger partial charge in [0.15, 0.2) is 6.20 Å². The van der Waals surface area contributed by atoms with E-state index in [4.69, 9.17) is 5.11 Å². The van der Waals surface area contributed by atoms with Crippen LogP contribution in [0.3, 0.4) is 0 Å². The lowest BCUT2D eigenvalue weighted by Gasteiger charge is -1.82. The molecule has 1 aromatic rings. The number of aromatic nitrogens is 1. The molecule has 0 saturated heterocycles. The Morgan fingerprint density at radius 1 is 1.78 bits per heavy atom. The molecule has 0 aliphatic carbocycles. The van der Waals surface area contributed by atoms with Gasteiger partial charge in [-0.15, -0.1) is 0 Å². The summed E-state index contributed by atoms with van der Waals surface area (Å²) in [4.78, 5) is 1.24. The molecule has 0 atom stereocenters. The van der Waals surface area contributed by atoms with Crippen LogP contribution < -0.4 is 4.57 Å². The predicted octanol–water partition coefficient (Wildman–Crippen LogP) is 0.107. The Balaban J connectivity index is 2.61. The fourth-order valence-corrected chi connectivity index (χ4v) is 1.47. The number of thiazole rings is 1. The molecule has 0 amide bonds. The van der Waals surface area contributed by atoms with Crippen molar-refractivity contribution in [3.8, 4) is 0 Å². The van der Waals surface area contributed by atoms with Crippen molar-refractivity contribution >= 4 is 11.3 Å². The van der Waals surface area contributed by atoms with Gasteiger partial charge in [0, 0.05) is 13.0 Å². The summed E-state index contributed by atoms with van der Waals surface area (Å²) in [6, 6.07) is 0. The maximum absolute atomic E-state index is 8.53. The zero-order valence-electron chi connectivity index (χ0n) is 5.37. The van der Waals surface area contributed by atoms with Gasteiger partial charge >= 0.3 is 0 Å². The van der Waals surface area contributed by atoms with Crippen molar-refractivity contribution in [2.75, 3.05) is 6.61 Å². The summed E-state index contributed by atoms with van der Waals surface area (Å²) in [5.74, 6) is 0. The second-order valence-electron chi connectivity index (χ2n) is 1.96. The van der Waals surface area contributed by atoms with Gasteiger partial charge in [-0.1, -0.05) is 11.3 Å². The summed E-state index contributed by atoms with van der Waals surface area (Å²) in [5.41, 5.74) is 2.02. The molecule has 1 N–H and O–H groups in total. The smallest absolute Gasteiger partial charge is 0.224 e. The van der Waals surface area contributed by atoms with Gasteiger partial charge in [-0.05, 0) is 0 Å². The van der Waals surface area contributed by atoms with Crippen LogP contribution in [0.4, 0.5) is 0 Å². The molecule has 0 saturated carbocycles. The van der Waals surface area contributed by atoms with Crippen molar-refractivity contribution < 1.29 is 9.67 Å². The highest BCUT2D eigenvalue weighted by Gasteiger charge is 1.99. The first kappa shape index (κ1) is 6.71. The molecule has 50 valence electrons. The van der Waals surface area contributed by atoms with Crippen molar-refractivity contribution in [2.45, 2.75) is 6.42 Å². The third-order valence-electron chi connectivity index (χ3n) is 1.08. The SMILES string of the molecule is C[n+]1csc(CCO)c1. The van der Waals surface area contributed by atoms with Crippen LogP contribution in [0, 0.1) is 0 Å². The van der Waals surface area contributed by atoms with Gasteiger partial charge in [0.05, 0.1) is 4.88 Å². The number of aliphatic hydroxyl groups excluding tert-OH is 1. The fraction of sp³-hybridized carbons (Fsp3) is 0.500. The number of aliphatic hydroxyl groups is 1. The standard InChI is InChI=1S/C6H10NOS/c1-7-4-6(2-3-8)9-5-7/h4-5,8H,2-3H2,1H3/q+1. The van der Waals surface area contributed by atoms with Gasteiger partial charge in [0.25, 0.3) is 0 Å². The van der Waals surface area contributed by atoms with Gasteiger partial charge in [0.1, 0.15) is 7.05 Å². The fourth-order valence-electron chi connectivity index (χ4n) is 0.672. The molecule has 0 fully saturated rings. The maximum Gasteiger partial charge on any atom is 0.224 e. The topological polar surface area (TPSA) is 24.1 Å². The monoisotopic (exact) mass is 144 g/mol. The maximum atomic E-state index is 8.53. The Hall–Kier alpha value is -0.410. The van der Waals surface area contributed by atoms with Crippen LogP contribution in [0.5, 0.6) is 0 Å².